The quantitative estimate of drug-likeness (QED) is 0.187. The van der Waals surface area contributed by atoms with Crippen LogP contribution in [0.3, 0.4) is 0 Å². The first-order valence-corrected chi connectivity index (χ1v) is 18.0. The second-order valence-electron chi connectivity index (χ2n) is 12.8. The van der Waals surface area contributed by atoms with Gasteiger partial charge in [-0.2, -0.15) is 0 Å². The molecule has 0 bridgehead atoms. The molecule has 4 atom stereocenters. The van der Waals surface area contributed by atoms with Crippen LogP contribution in [0.15, 0.2) is 72.8 Å². The third-order valence-electron chi connectivity index (χ3n) is 7.65. The summed E-state index contributed by atoms with van der Waals surface area (Å²) in [6.45, 7) is 13.5. The van der Waals surface area contributed by atoms with E-state index in [0.29, 0.717) is 11.8 Å². The van der Waals surface area contributed by atoms with Crippen molar-refractivity contribution in [2.75, 3.05) is 28.4 Å². The number of rotatable bonds is 6. The number of aromatic nitrogens is 2. The Labute approximate surface area is 282 Å². The van der Waals surface area contributed by atoms with Gasteiger partial charge in [-0.1, -0.05) is 73.2 Å². The van der Waals surface area contributed by atoms with Crippen molar-refractivity contribution in [1.29, 1.82) is 0 Å². The molecule has 0 amide bonds. The molecule has 252 valence electrons. The highest BCUT2D eigenvalue weighted by Crippen LogP contribution is 2.67. The molecule has 0 saturated heterocycles. The van der Waals surface area contributed by atoms with Gasteiger partial charge >= 0.3 is 0 Å². The summed E-state index contributed by atoms with van der Waals surface area (Å²) in [5.41, 5.74) is 1.81. The van der Waals surface area contributed by atoms with Crippen LogP contribution in [0, 0.1) is 0 Å². The van der Waals surface area contributed by atoms with Gasteiger partial charge in [0.25, 0.3) is 0 Å². The monoisotopic (exact) mass is 678 g/mol. The summed E-state index contributed by atoms with van der Waals surface area (Å²) in [5.74, 6) is 4.64. The van der Waals surface area contributed by atoms with Gasteiger partial charge in [0.15, 0.2) is 11.7 Å². The molecule has 2 aromatic carbocycles. The van der Waals surface area contributed by atoms with Crippen LogP contribution >= 0.6 is 15.8 Å². The van der Waals surface area contributed by atoms with E-state index >= 15 is 0 Å². The predicted molar refractivity (Wildman–Crippen MR) is 194 cm³/mol. The van der Waals surface area contributed by atoms with Gasteiger partial charge in [0.05, 0.1) is 50.4 Å². The molecule has 0 saturated carbocycles. The lowest BCUT2D eigenvalue weighted by molar-refractivity contribution is 0.291. The van der Waals surface area contributed by atoms with E-state index in [1.165, 1.54) is 10.6 Å². The maximum absolute atomic E-state index is 6.30. The van der Waals surface area contributed by atoms with Crippen LogP contribution in [0.2, 0.25) is 0 Å². The van der Waals surface area contributed by atoms with Crippen molar-refractivity contribution in [1.82, 2.24) is 9.97 Å². The summed E-state index contributed by atoms with van der Waals surface area (Å²) in [6, 6.07) is 23.6. The minimum atomic E-state index is -0.651. The molecule has 47 heavy (non-hydrogen) atoms. The van der Waals surface area contributed by atoms with Crippen molar-refractivity contribution in [2.45, 2.75) is 71.0 Å². The molecule has 10 heteroatoms. The van der Waals surface area contributed by atoms with Crippen LogP contribution in [0.25, 0.3) is 0 Å². The number of benzene rings is 2. The zero-order valence-electron chi connectivity index (χ0n) is 28.3. The molecule has 0 spiro atoms. The molecule has 2 aliphatic rings. The first-order valence-electron chi connectivity index (χ1n) is 15.2. The molecule has 0 fully saturated rings. The summed E-state index contributed by atoms with van der Waals surface area (Å²) in [5, 5.41) is 2.49. The molecule has 4 aromatic rings. The molecule has 2 aromatic heterocycles. The molecule has 0 unspecified atom stereocenters. The Hall–Kier alpha value is -3.60. The van der Waals surface area contributed by atoms with Crippen molar-refractivity contribution in [2.24, 2.45) is 0 Å². The molecular weight excluding hydrogens is 630 g/mol. The van der Waals surface area contributed by atoms with Crippen molar-refractivity contribution >= 4 is 26.5 Å². The van der Waals surface area contributed by atoms with Crippen LogP contribution in [0.5, 0.6) is 34.8 Å². The van der Waals surface area contributed by atoms with E-state index in [1.54, 1.807) is 28.4 Å². The number of fused-ring (bicyclic) bond motifs is 2. The standard InChI is InChI=1S/2C18H22NO3P.CH4/c2*1-18(2,3)23-16-13(20-4)9-7-10-14(16)22-17(23)12-8-6-11-15(19-12)21-5;/h2*6-11,17H,1-5H3;1H4/t2*17-,23-;/m10./s1. The Kier molecular flexibility index (Phi) is 11.3. The van der Waals surface area contributed by atoms with Crippen molar-refractivity contribution in [3.05, 3.63) is 84.2 Å². The summed E-state index contributed by atoms with van der Waals surface area (Å²) < 4.78 is 34.4. The fourth-order valence-corrected chi connectivity index (χ4v) is 11.7. The van der Waals surface area contributed by atoms with Gasteiger partial charge in [0.2, 0.25) is 11.8 Å². The van der Waals surface area contributed by atoms with Gasteiger partial charge in [0.1, 0.15) is 23.0 Å². The van der Waals surface area contributed by atoms with Gasteiger partial charge in [-0.05, 0) is 62.6 Å². The van der Waals surface area contributed by atoms with E-state index in [-0.39, 0.29) is 29.4 Å². The summed E-state index contributed by atoms with van der Waals surface area (Å²) in [6.07, 6.45) is 0. The van der Waals surface area contributed by atoms with Crippen LogP contribution in [-0.4, -0.2) is 48.7 Å². The second-order valence-corrected chi connectivity index (χ2v) is 18.8. The van der Waals surface area contributed by atoms with Crippen molar-refractivity contribution in [3.63, 3.8) is 0 Å². The molecule has 2 aliphatic heterocycles. The Balaban J connectivity index is 0.000000208. The van der Waals surface area contributed by atoms with E-state index in [9.17, 15) is 0 Å². The highest BCUT2D eigenvalue weighted by Gasteiger charge is 2.46. The normalized spacial score (nSPS) is 19.4. The van der Waals surface area contributed by atoms with Gasteiger partial charge in [-0.15, -0.1) is 0 Å². The molecule has 8 nitrogen and oxygen atoms in total. The lowest BCUT2D eigenvalue weighted by atomic mass is 10.2. The van der Waals surface area contributed by atoms with E-state index < -0.39 is 15.8 Å². The summed E-state index contributed by atoms with van der Waals surface area (Å²) >= 11 is 0. The van der Waals surface area contributed by atoms with Crippen LogP contribution in [0.4, 0.5) is 0 Å². The second kappa shape index (κ2) is 14.7. The third-order valence-corrected chi connectivity index (χ3v) is 14.1. The number of methoxy groups -OCH3 is 4. The number of nitrogens with zero attached hydrogens (tertiary/aromatic N) is 2. The zero-order chi connectivity index (χ0) is 33.2. The van der Waals surface area contributed by atoms with E-state index in [1.807, 2.05) is 72.8 Å². The third kappa shape index (κ3) is 7.45. The minimum Gasteiger partial charge on any atom is -0.496 e. The Morgan fingerprint density at radius 1 is 0.532 bits per heavy atom. The molecular formula is C37H48N2O6P2. The highest BCUT2D eigenvalue weighted by molar-refractivity contribution is 7.68. The van der Waals surface area contributed by atoms with Gasteiger partial charge in [-0.3, -0.25) is 0 Å². The largest absolute Gasteiger partial charge is 0.496 e. The highest BCUT2D eigenvalue weighted by atomic mass is 31.1. The molecule has 6 rings (SSSR count). The Morgan fingerprint density at radius 2 is 0.894 bits per heavy atom. The first-order chi connectivity index (χ1) is 21.9. The van der Waals surface area contributed by atoms with Crippen LogP contribution in [-0.2, 0) is 0 Å². The molecule has 4 heterocycles. The summed E-state index contributed by atoms with van der Waals surface area (Å²) in [4.78, 5) is 9.21. The first kappa shape index (κ1) is 36.2. The topological polar surface area (TPSA) is 81.2 Å². The summed E-state index contributed by atoms with van der Waals surface area (Å²) in [7, 11) is 5.38. The number of hydrogen-bond acceptors (Lipinski definition) is 8. The van der Waals surface area contributed by atoms with Gasteiger partial charge < -0.3 is 28.4 Å². The lowest BCUT2D eigenvalue weighted by Crippen LogP contribution is -2.21. The van der Waals surface area contributed by atoms with E-state index in [4.69, 9.17) is 28.4 Å². The van der Waals surface area contributed by atoms with Crippen LogP contribution < -0.4 is 39.0 Å². The number of ether oxygens (including phenoxy) is 6. The lowest BCUT2D eigenvalue weighted by Gasteiger charge is -2.31. The van der Waals surface area contributed by atoms with E-state index in [2.05, 4.69) is 51.5 Å². The van der Waals surface area contributed by atoms with E-state index in [0.717, 1.165) is 34.4 Å². The van der Waals surface area contributed by atoms with Gasteiger partial charge in [0, 0.05) is 12.1 Å². The number of pyridine rings is 2. The Morgan fingerprint density at radius 3 is 1.21 bits per heavy atom. The SMILES string of the molecule is C.COc1cccc([C@@H]2Oc3cccc(OC)c3[P@@]2C(C)(C)C)n1.COc1cccc([C@H]2Oc3cccc(OC)c3[P@]2C(C)(C)C)n1. The smallest absolute Gasteiger partial charge is 0.213 e. The molecule has 0 N–H and O–H groups in total. The number of hydrogen-bond donors (Lipinski definition) is 0. The van der Waals surface area contributed by atoms with Crippen LogP contribution in [0.1, 0.15) is 72.0 Å². The van der Waals surface area contributed by atoms with Gasteiger partial charge in [-0.25, -0.2) is 9.97 Å². The van der Waals surface area contributed by atoms with Crippen molar-refractivity contribution in [3.8, 4) is 34.8 Å². The fraction of sp³-hybridized carbons (Fsp3) is 0.405. The molecule has 0 aliphatic carbocycles. The Bertz CT molecular complexity index is 1550. The maximum atomic E-state index is 6.30. The average molecular weight is 679 g/mol. The zero-order valence-corrected chi connectivity index (χ0v) is 30.1. The molecule has 0 radical (unpaired) electrons. The average Bonchev–Trinajstić information content (AvgIpc) is 3.65. The van der Waals surface area contributed by atoms with Crippen molar-refractivity contribution < 1.29 is 28.4 Å². The minimum absolute atomic E-state index is 0. The maximum Gasteiger partial charge on any atom is 0.213 e. The predicted octanol–water partition coefficient (Wildman–Crippen LogP) is 8.83. The fourth-order valence-electron chi connectivity index (χ4n) is 5.70.